The average molecular weight is 300 g/mol. The van der Waals surface area contributed by atoms with Gasteiger partial charge in [-0.05, 0) is 19.1 Å². The third kappa shape index (κ3) is 4.33. The molecule has 4 nitrogen and oxygen atoms in total. The van der Waals surface area contributed by atoms with Gasteiger partial charge in [0, 0.05) is 31.3 Å². The lowest BCUT2D eigenvalue weighted by Gasteiger charge is -2.09. The van der Waals surface area contributed by atoms with E-state index in [1.807, 2.05) is 13.0 Å². The van der Waals surface area contributed by atoms with E-state index < -0.39 is 0 Å². The normalized spacial score (nSPS) is 10.4. The predicted octanol–water partition coefficient (Wildman–Crippen LogP) is 3.43. The van der Waals surface area contributed by atoms with Crippen molar-refractivity contribution in [3.8, 4) is 11.5 Å². The lowest BCUT2D eigenvalue weighted by atomic mass is 10.0. The van der Waals surface area contributed by atoms with Crippen molar-refractivity contribution in [1.82, 2.24) is 0 Å². The van der Waals surface area contributed by atoms with Gasteiger partial charge < -0.3 is 14.6 Å². The highest BCUT2D eigenvalue weighted by Crippen LogP contribution is 2.26. The van der Waals surface area contributed by atoms with Crippen LogP contribution in [-0.4, -0.2) is 30.7 Å². The minimum atomic E-state index is -0.207. The van der Waals surface area contributed by atoms with Crippen LogP contribution in [0.5, 0.6) is 11.5 Å². The molecule has 0 saturated carbocycles. The molecule has 0 amide bonds. The Morgan fingerprint density at radius 1 is 1.09 bits per heavy atom. The molecule has 0 aliphatic carbocycles. The second kappa shape index (κ2) is 8.20. The van der Waals surface area contributed by atoms with Crippen molar-refractivity contribution < 1.29 is 19.4 Å². The number of benzene rings is 2. The molecule has 0 heterocycles. The van der Waals surface area contributed by atoms with Crippen LogP contribution in [0.1, 0.15) is 29.3 Å². The van der Waals surface area contributed by atoms with Crippen molar-refractivity contribution >= 4 is 5.78 Å². The molecule has 0 spiro atoms. The second-order valence-electron chi connectivity index (χ2n) is 4.77. The number of rotatable bonds is 8. The molecule has 0 bridgehead atoms. The van der Waals surface area contributed by atoms with Crippen LogP contribution in [0, 0.1) is 0 Å². The first-order valence-electron chi connectivity index (χ1n) is 7.35. The molecule has 0 aliphatic heterocycles. The first kappa shape index (κ1) is 16.0. The van der Waals surface area contributed by atoms with E-state index in [0.717, 1.165) is 6.42 Å². The van der Waals surface area contributed by atoms with Crippen LogP contribution in [0.4, 0.5) is 0 Å². The van der Waals surface area contributed by atoms with Gasteiger partial charge >= 0.3 is 0 Å². The fourth-order valence-corrected chi connectivity index (χ4v) is 2.03. The zero-order chi connectivity index (χ0) is 15.8. The van der Waals surface area contributed by atoms with Crippen molar-refractivity contribution in [2.24, 2.45) is 0 Å². The van der Waals surface area contributed by atoms with Crippen LogP contribution in [0.3, 0.4) is 0 Å². The molecule has 0 atom stereocenters. The van der Waals surface area contributed by atoms with Crippen LogP contribution in [-0.2, 0) is 4.74 Å². The predicted molar refractivity (Wildman–Crippen MR) is 84.6 cm³/mol. The smallest absolute Gasteiger partial charge is 0.196 e. The Kier molecular flexibility index (Phi) is 5.98. The number of aromatic hydroxyl groups is 1. The minimum absolute atomic E-state index is 0.0730. The summed E-state index contributed by atoms with van der Waals surface area (Å²) in [5, 5.41) is 10.0. The molecule has 2 rings (SSSR count). The SMILES string of the molecule is CCOCCCOc1ccc(C(=O)c2ccccc2)c(O)c1. The maximum atomic E-state index is 12.3. The summed E-state index contributed by atoms with van der Waals surface area (Å²) in [6.07, 6.45) is 0.777. The van der Waals surface area contributed by atoms with E-state index in [9.17, 15) is 9.90 Å². The molecule has 2 aromatic carbocycles. The molecular weight excluding hydrogens is 280 g/mol. The zero-order valence-corrected chi connectivity index (χ0v) is 12.6. The Bertz CT molecular complexity index is 608. The quantitative estimate of drug-likeness (QED) is 0.599. The number of phenolic OH excluding ortho intramolecular Hbond substituents is 1. The Balaban J connectivity index is 1.99. The number of carbonyl (C=O) groups excluding carboxylic acids is 1. The van der Waals surface area contributed by atoms with Gasteiger partial charge in [0.1, 0.15) is 11.5 Å². The van der Waals surface area contributed by atoms with E-state index in [0.29, 0.717) is 31.1 Å². The maximum absolute atomic E-state index is 12.3. The van der Waals surface area contributed by atoms with Gasteiger partial charge in [-0.15, -0.1) is 0 Å². The number of ketones is 1. The number of ether oxygens (including phenoxy) is 2. The fraction of sp³-hybridized carbons (Fsp3) is 0.278. The molecule has 0 aliphatic rings. The Morgan fingerprint density at radius 3 is 2.55 bits per heavy atom. The molecular formula is C18H20O4. The summed E-state index contributed by atoms with van der Waals surface area (Å²) < 4.78 is 10.7. The summed E-state index contributed by atoms with van der Waals surface area (Å²) >= 11 is 0. The topological polar surface area (TPSA) is 55.8 Å². The molecule has 116 valence electrons. The largest absolute Gasteiger partial charge is 0.507 e. The molecule has 22 heavy (non-hydrogen) atoms. The van der Waals surface area contributed by atoms with Gasteiger partial charge in [-0.25, -0.2) is 0 Å². The number of phenols is 1. The first-order chi connectivity index (χ1) is 10.7. The Labute approximate surface area is 130 Å². The average Bonchev–Trinajstić information content (AvgIpc) is 2.55. The van der Waals surface area contributed by atoms with Gasteiger partial charge in [0.2, 0.25) is 0 Å². The lowest BCUT2D eigenvalue weighted by Crippen LogP contribution is -2.04. The molecule has 0 aromatic heterocycles. The van der Waals surface area contributed by atoms with Gasteiger partial charge in [-0.2, -0.15) is 0 Å². The van der Waals surface area contributed by atoms with Crippen molar-refractivity contribution in [2.45, 2.75) is 13.3 Å². The minimum Gasteiger partial charge on any atom is -0.507 e. The summed E-state index contributed by atoms with van der Waals surface area (Å²) in [6, 6.07) is 13.6. The first-order valence-corrected chi connectivity index (χ1v) is 7.35. The summed E-state index contributed by atoms with van der Waals surface area (Å²) in [5.74, 6) is 0.260. The number of carbonyl (C=O) groups is 1. The van der Waals surface area contributed by atoms with Crippen molar-refractivity contribution in [3.05, 3.63) is 59.7 Å². The number of hydrogen-bond acceptors (Lipinski definition) is 4. The van der Waals surface area contributed by atoms with E-state index in [1.54, 1.807) is 36.4 Å². The highest BCUT2D eigenvalue weighted by atomic mass is 16.5. The Hall–Kier alpha value is -2.33. The third-order valence-electron chi connectivity index (χ3n) is 3.16. The third-order valence-corrected chi connectivity index (χ3v) is 3.16. The van der Waals surface area contributed by atoms with Gasteiger partial charge in [0.25, 0.3) is 0 Å². The molecule has 2 aromatic rings. The van der Waals surface area contributed by atoms with E-state index in [4.69, 9.17) is 9.47 Å². The Morgan fingerprint density at radius 2 is 1.86 bits per heavy atom. The molecule has 0 fully saturated rings. The molecule has 0 radical (unpaired) electrons. The molecule has 0 saturated heterocycles. The lowest BCUT2D eigenvalue weighted by molar-refractivity contribution is 0.103. The van der Waals surface area contributed by atoms with Crippen LogP contribution >= 0.6 is 0 Å². The highest BCUT2D eigenvalue weighted by molar-refractivity contribution is 6.10. The summed E-state index contributed by atoms with van der Waals surface area (Å²) in [4.78, 5) is 12.3. The van der Waals surface area contributed by atoms with E-state index in [-0.39, 0.29) is 17.1 Å². The van der Waals surface area contributed by atoms with Crippen molar-refractivity contribution in [3.63, 3.8) is 0 Å². The second-order valence-corrected chi connectivity index (χ2v) is 4.77. The molecule has 0 unspecified atom stereocenters. The van der Waals surface area contributed by atoms with Gasteiger partial charge in [0.15, 0.2) is 5.78 Å². The summed E-state index contributed by atoms with van der Waals surface area (Å²) in [6.45, 7) is 3.79. The standard InChI is InChI=1S/C18H20O4/c1-2-21-11-6-12-22-15-9-10-16(17(19)13-15)18(20)14-7-4-3-5-8-14/h3-5,7-10,13,19H,2,6,11-12H2,1H3. The van der Waals surface area contributed by atoms with Gasteiger partial charge in [-0.1, -0.05) is 30.3 Å². The van der Waals surface area contributed by atoms with E-state index in [2.05, 4.69) is 0 Å². The summed E-state index contributed by atoms with van der Waals surface area (Å²) in [5.41, 5.74) is 0.816. The van der Waals surface area contributed by atoms with Gasteiger partial charge in [-0.3, -0.25) is 4.79 Å². The van der Waals surface area contributed by atoms with Crippen LogP contribution in [0.15, 0.2) is 48.5 Å². The van der Waals surface area contributed by atoms with Gasteiger partial charge in [0.05, 0.1) is 12.2 Å². The van der Waals surface area contributed by atoms with Crippen LogP contribution in [0.25, 0.3) is 0 Å². The zero-order valence-electron chi connectivity index (χ0n) is 12.6. The van der Waals surface area contributed by atoms with E-state index in [1.165, 1.54) is 6.07 Å². The van der Waals surface area contributed by atoms with Crippen LogP contribution in [0.2, 0.25) is 0 Å². The monoisotopic (exact) mass is 300 g/mol. The summed E-state index contributed by atoms with van der Waals surface area (Å²) in [7, 11) is 0. The molecule has 1 N–H and O–H groups in total. The molecule has 4 heteroatoms. The van der Waals surface area contributed by atoms with Crippen molar-refractivity contribution in [1.29, 1.82) is 0 Å². The van der Waals surface area contributed by atoms with Crippen LogP contribution < -0.4 is 4.74 Å². The van der Waals surface area contributed by atoms with Crippen molar-refractivity contribution in [2.75, 3.05) is 19.8 Å². The van der Waals surface area contributed by atoms with E-state index >= 15 is 0 Å². The highest BCUT2D eigenvalue weighted by Gasteiger charge is 2.13. The fourth-order valence-electron chi connectivity index (χ4n) is 2.03. The maximum Gasteiger partial charge on any atom is 0.196 e. The number of hydrogen-bond donors (Lipinski definition) is 1.